The summed E-state index contributed by atoms with van der Waals surface area (Å²) in [6, 6.07) is 1.32. The largest absolute Gasteiger partial charge is 0.451 e. The molecule has 146 heavy (non-hydrogen) atoms. The zero-order valence-corrected chi connectivity index (χ0v) is 112. The van der Waals surface area contributed by atoms with Crippen LogP contribution in [-0.4, -0.2) is 117 Å². The van der Waals surface area contributed by atoms with Gasteiger partial charge in [-0.3, -0.25) is 4.98 Å². The van der Waals surface area contributed by atoms with Gasteiger partial charge in [0.1, 0.15) is 18.3 Å². The van der Waals surface area contributed by atoms with Crippen molar-refractivity contribution in [1.29, 1.82) is 0 Å². The molecule has 3 N–H and O–H groups in total. The van der Waals surface area contributed by atoms with E-state index in [0.29, 0.717) is 74.5 Å². The minimum absolute atomic E-state index is 0.365. The van der Waals surface area contributed by atoms with Crippen LogP contribution in [0.4, 0.5) is 0 Å². The second-order valence-corrected chi connectivity index (χ2v) is 48.2. The molecule has 6 unspecified atom stereocenters. The van der Waals surface area contributed by atoms with Crippen LogP contribution in [0.25, 0.3) is 0 Å². The number of rotatable bonds is 16. The van der Waals surface area contributed by atoms with Crippen molar-refractivity contribution >= 4 is 46.6 Å². The molecule has 0 spiro atoms. The molecule has 0 bridgehead atoms. The number of ether oxygens (including phenoxy) is 2. The molecule has 8 aliphatic heterocycles. The Labute approximate surface area is 937 Å². The van der Waals surface area contributed by atoms with Crippen LogP contribution < -0.4 is 16.0 Å². The lowest BCUT2D eigenvalue weighted by Gasteiger charge is -2.27. The number of nitrogens with zero attached hydrogens (tertiary/aromatic N) is 4. The minimum atomic E-state index is 0.365. The molecule has 4 aromatic heterocycles. The lowest BCUT2D eigenvalue weighted by molar-refractivity contribution is 0.0379. The number of hydrogen-bond acceptors (Lipinski definition) is 16. The number of oxazole rings is 3. The lowest BCUT2D eigenvalue weighted by Crippen LogP contribution is -2.34. The second-order valence-electron chi connectivity index (χ2n) is 43.4. The van der Waals surface area contributed by atoms with Gasteiger partial charge in [-0.05, 0) is 220 Å². The van der Waals surface area contributed by atoms with Crippen molar-refractivity contribution in [2.24, 2.45) is 68.0 Å². The van der Waals surface area contributed by atoms with Gasteiger partial charge in [-0.25, -0.2) is 15.0 Å². The van der Waals surface area contributed by atoms with Crippen LogP contribution in [-0.2, 0) is 35.2 Å². The van der Waals surface area contributed by atoms with E-state index >= 15 is 0 Å². The summed E-state index contributed by atoms with van der Waals surface area (Å²) >= 11 is 8.02. The van der Waals surface area contributed by atoms with E-state index in [9.17, 15) is 0 Å². The summed E-state index contributed by atoms with van der Waals surface area (Å²) in [5.74, 6) is 11.7. The molecular formula is C130H267N7O5S4. The molecule has 2 saturated heterocycles. The molecular weight excluding hydrogens is 1870 g/mol. The third-order valence-electron chi connectivity index (χ3n) is 18.9. The molecule has 876 valence electrons. The summed E-state index contributed by atoms with van der Waals surface area (Å²) in [4.78, 5) is 17.2. The predicted molar refractivity (Wildman–Crippen MR) is 683 cm³/mol. The number of hydrogen-bond donors (Lipinski definition) is 3. The third-order valence-corrected chi connectivity index (χ3v) is 23.3. The van der Waals surface area contributed by atoms with Gasteiger partial charge in [0.2, 0.25) is 0 Å². The molecule has 12 rings (SSSR count). The van der Waals surface area contributed by atoms with Crippen molar-refractivity contribution < 1.29 is 22.7 Å². The number of thiazole rings is 1. The Morgan fingerprint density at radius 2 is 0.884 bits per heavy atom. The van der Waals surface area contributed by atoms with Gasteiger partial charge < -0.3 is 38.7 Å². The molecule has 8 aliphatic rings. The summed E-state index contributed by atoms with van der Waals surface area (Å²) in [5, 5.41) is 11.9. The maximum atomic E-state index is 5.57. The van der Waals surface area contributed by atoms with E-state index < -0.39 is 0 Å². The van der Waals surface area contributed by atoms with Gasteiger partial charge in [0, 0.05) is 58.8 Å². The van der Waals surface area contributed by atoms with Gasteiger partial charge in [0.15, 0.2) is 18.7 Å². The molecule has 0 aromatic carbocycles. The molecule has 0 radical (unpaired) electrons. The van der Waals surface area contributed by atoms with Gasteiger partial charge in [0.25, 0.3) is 0 Å². The maximum Gasteiger partial charge on any atom is 0.194 e. The van der Waals surface area contributed by atoms with Crippen LogP contribution in [0.3, 0.4) is 0 Å². The number of thioether (sulfide) groups is 3. The van der Waals surface area contributed by atoms with Crippen LogP contribution in [0.15, 0.2) is 136 Å². The Bertz CT molecular complexity index is 2700. The van der Waals surface area contributed by atoms with Gasteiger partial charge >= 0.3 is 0 Å². The van der Waals surface area contributed by atoms with E-state index in [0.717, 1.165) is 117 Å². The first-order valence-corrected chi connectivity index (χ1v) is 64.0. The highest BCUT2D eigenvalue weighted by Crippen LogP contribution is 2.34. The van der Waals surface area contributed by atoms with Crippen LogP contribution in [0, 0.1) is 68.0 Å². The number of aromatic nitrogens is 4. The van der Waals surface area contributed by atoms with E-state index in [-0.39, 0.29) is 0 Å². The monoisotopic (exact) mass is 2130 g/mol. The maximum absolute atomic E-state index is 5.57. The molecule has 0 aliphatic carbocycles. The van der Waals surface area contributed by atoms with Crippen molar-refractivity contribution in [1.82, 2.24) is 35.9 Å². The lowest BCUT2D eigenvalue weighted by atomic mass is 9.86. The van der Waals surface area contributed by atoms with Crippen molar-refractivity contribution in [3.8, 4) is 0 Å². The molecule has 12 heterocycles. The number of allylic oxidation sites excluding steroid dienone is 2. The fraction of sp³-hybridized carbons (Fsp3) is 0.815. The van der Waals surface area contributed by atoms with Gasteiger partial charge in [0.05, 0.1) is 49.0 Å². The normalized spacial score (nSPS) is 16.9. The van der Waals surface area contributed by atoms with Gasteiger partial charge in [-0.2, -0.15) is 35.3 Å². The average molecular weight is 2140 g/mol. The molecule has 4 aromatic rings. The molecule has 0 amide bonds. The van der Waals surface area contributed by atoms with E-state index in [1.165, 1.54) is 150 Å². The van der Waals surface area contributed by atoms with E-state index in [1.807, 2.05) is 178 Å². The predicted octanol–water partition coefficient (Wildman–Crippen LogP) is 43.4. The molecule has 0 saturated carbocycles. The Morgan fingerprint density at radius 3 is 1.21 bits per heavy atom. The summed E-state index contributed by atoms with van der Waals surface area (Å²) < 4.78 is 26.0. The first-order valence-electron chi connectivity index (χ1n) is 59.8. The van der Waals surface area contributed by atoms with Crippen molar-refractivity contribution in [2.75, 3.05) is 62.4 Å². The highest BCUT2D eigenvalue weighted by Gasteiger charge is 2.24. The van der Waals surface area contributed by atoms with Crippen molar-refractivity contribution in [2.45, 2.75) is 564 Å². The van der Waals surface area contributed by atoms with Crippen LogP contribution in [0.5, 0.6) is 0 Å². The summed E-state index contributed by atoms with van der Waals surface area (Å²) in [7, 11) is 0. The highest BCUT2D eigenvalue weighted by atomic mass is 32.2. The fourth-order valence-electron chi connectivity index (χ4n) is 12.6. The highest BCUT2D eigenvalue weighted by molar-refractivity contribution is 8.00. The Morgan fingerprint density at radius 1 is 0.397 bits per heavy atom. The standard InChI is InChI=1S/2C10H19N.2C10H18O.2C10H18S.3C7H11NO.C7H11NS.2C5H12.C4H9N.C4H8S.12C2H6/c6*1-10(2,3)8-9-6-4-5-7-11-9;1-6(2)3-7-4-9-5-8-7;1-6(2)3-7-4-8-5-9-7;1-6(2)5-7-8-3-4-9-7;1-6(2)3-7-4-8-5-9-7;2*1-4-5(2)3;2*1-2-4-5-3-1;12*1-2/h4,6,9,11H,5,7-8H2,1-3H3;4-5,9,11H,6-8H2,1-3H3;4,6,9H,5,7-8H2,1-3H3;4-5,9H,6-8H2,1-3H3;4,6,9H,5,7-8H2,1-3H3;4-5,9H,6-8H2,1-3H3;2*4-6H,3H2,1-2H3;3-4,6H,5H2,1-2H3;4-6H,3H2,1-2H3;2*5H,4H2,1-3H3;5H,1-4H2;1-4H2;12*1-2H3. The summed E-state index contributed by atoms with van der Waals surface area (Å²) in [6.07, 6.45) is 66.6. The Hall–Kier alpha value is -3.45. The van der Waals surface area contributed by atoms with E-state index in [2.05, 4.69) is 366 Å². The average Bonchev–Trinajstić information content (AvgIpc) is 1.44. The van der Waals surface area contributed by atoms with Crippen LogP contribution >= 0.6 is 46.6 Å². The molecule has 2 fully saturated rings. The topological polar surface area (TPSA) is 146 Å². The zero-order valence-electron chi connectivity index (χ0n) is 109. The first kappa shape index (κ1) is 173. The first-order chi connectivity index (χ1) is 69.2. The Balaban J connectivity index is -0.000000106. The van der Waals surface area contributed by atoms with Gasteiger partial charge in [-0.1, -0.05) is 473 Å². The summed E-state index contributed by atoms with van der Waals surface area (Å²) in [6.45, 7) is 126. The Kier molecular flexibility index (Phi) is 150. The second kappa shape index (κ2) is 127. The van der Waals surface area contributed by atoms with Crippen LogP contribution in [0.2, 0.25) is 0 Å². The minimum Gasteiger partial charge on any atom is -0.451 e. The van der Waals surface area contributed by atoms with E-state index in [4.69, 9.17) is 22.7 Å². The van der Waals surface area contributed by atoms with Crippen LogP contribution in [0.1, 0.15) is 526 Å². The molecule has 16 heteroatoms. The summed E-state index contributed by atoms with van der Waals surface area (Å²) in [5.41, 5.74) is 5.61. The fourth-order valence-corrected chi connectivity index (χ4v) is 17.2. The SMILES string of the molecule is C1CCNC1.C1CCSC1.CC.CC.CC.CC.CC.CC.CC.CC.CC.CC.CC.CC.CC(C)(C)CC1C=CCCN1.CC(C)(C)CC1C=CCCO1.CC(C)(C)CC1C=CCCS1.CC(C)(C)CC1CC=CCN1.CC(C)(C)CC1CC=CCO1.CC(C)(C)CC1CC=CCS1.CC(C)Cc1cnco1.CC(C)Cc1cncs1.CC(C)Cc1cocn1.CC(C)Cc1ncco1.CCC(C)C.CCC(C)C. The third kappa shape index (κ3) is 156. The van der Waals surface area contributed by atoms with Crippen molar-refractivity contribution in [3.63, 3.8) is 0 Å². The zero-order chi connectivity index (χ0) is 116. The smallest absolute Gasteiger partial charge is 0.194 e. The van der Waals surface area contributed by atoms with Gasteiger partial charge in [-0.15, -0.1) is 11.3 Å². The number of nitrogens with one attached hydrogen (secondary N) is 3. The van der Waals surface area contributed by atoms with Crippen molar-refractivity contribution in [3.05, 3.63) is 145 Å². The molecule has 12 nitrogen and oxygen atoms in total. The molecule has 6 atom stereocenters. The van der Waals surface area contributed by atoms with E-state index in [1.54, 1.807) is 36.3 Å². The quantitative estimate of drug-likeness (QED) is 0.0914.